The van der Waals surface area contributed by atoms with Crippen LogP contribution in [-0.4, -0.2) is 0 Å². The first-order chi connectivity index (χ1) is 7.75. The fraction of sp³-hybridized carbons (Fsp3) is 0. The highest BCUT2D eigenvalue weighted by Gasteiger charge is 2.03. The largest absolute Gasteiger partial charge is 0.0843 e. The van der Waals surface area contributed by atoms with Gasteiger partial charge in [0.25, 0.3) is 0 Å². The van der Waals surface area contributed by atoms with Crippen molar-refractivity contribution in [1.82, 2.24) is 0 Å². The number of rotatable bonds is 3. The van der Waals surface area contributed by atoms with Crippen LogP contribution in [0.2, 0.25) is 10.0 Å². The third-order valence-electron chi connectivity index (χ3n) is 1.86. The minimum atomic E-state index is 0.709. The van der Waals surface area contributed by atoms with Crippen molar-refractivity contribution in [2.24, 2.45) is 0 Å². The average molecular weight is 287 g/mol. The smallest absolute Gasteiger partial charge is 0.0551 e. The maximum atomic E-state index is 6.07. The summed E-state index contributed by atoms with van der Waals surface area (Å²) in [5.41, 5.74) is 0. The Kier molecular flexibility index (Phi) is 4.47. The molecule has 0 atom stereocenters. The van der Waals surface area contributed by atoms with Gasteiger partial charge < -0.3 is 0 Å². The molecule has 16 heavy (non-hydrogen) atoms. The lowest BCUT2D eigenvalue weighted by Gasteiger charge is -2.03. The summed E-state index contributed by atoms with van der Waals surface area (Å²) in [4.78, 5) is 2.19. The molecule has 0 aliphatic carbocycles. The minimum Gasteiger partial charge on any atom is -0.0843 e. The van der Waals surface area contributed by atoms with Crippen molar-refractivity contribution >= 4 is 44.8 Å². The lowest BCUT2D eigenvalue weighted by molar-refractivity contribution is 1.47. The first-order valence-electron chi connectivity index (χ1n) is 4.60. The molecule has 0 aliphatic heterocycles. The van der Waals surface area contributed by atoms with Gasteiger partial charge in [0.2, 0.25) is 0 Å². The van der Waals surface area contributed by atoms with Gasteiger partial charge in [0.1, 0.15) is 0 Å². The van der Waals surface area contributed by atoms with Gasteiger partial charge in [-0.2, -0.15) is 0 Å². The Morgan fingerprint density at radius 3 is 2.31 bits per heavy atom. The molecule has 0 saturated heterocycles. The highest BCUT2D eigenvalue weighted by molar-refractivity contribution is 8.76. The molecular weight excluding hydrogens is 279 g/mol. The normalized spacial score (nSPS) is 10.4. The number of hydrogen-bond donors (Lipinski definition) is 0. The topological polar surface area (TPSA) is 0 Å². The van der Waals surface area contributed by atoms with Crippen molar-refractivity contribution < 1.29 is 0 Å². The van der Waals surface area contributed by atoms with E-state index in [4.69, 9.17) is 23.2 Å². The van der Waals surface area contributed by atoms with Gasteiger partial charge in [-0.1, -0.05) is 63.0 Å². The molecule has 0 nitrogen and oxygen atoms in total. The second kappa shape index (κ2) is 5.87. The van der Waals surface area contributed by atoms with Crippen LogP contribution in [-0.2, 0) is 0 Å². The lowest BCUT2D eigenvalue weighted by atomic mass is 10.4. The first kappa shape index (κ1) is 12.2. The molecule has 0 N–H and O–H groups in total. The van der Waals surface area contributed by atoms with Crippen molar-refractivity contribution in [3.63, 3.8) is 0 Å². The SMILES string of the molecule is Clc1ccc(Cl)c(SSc2ccccc2)c1. The van der Waals surface area contributed by atoms with Crippen molar-refractivity contribution in [2.75, 3.05) is 0 Å². The van der Waals surface area contributed by atoms with E-state index in [1.54, 1.807) is 27.7 Å². The zero-order valence-corrected chi connectivity index (χ0v) is 11.3. The molecule has 0 aromatic heterocycles. The average Bonchev–Trinajstić information content (AvgIpc) is 2.32. The van der Waals surface area contributed by atoms with E-state index in [-0.39, 0.29) is 0 Å². The van der Waals surface area contributed by atoms with E-state index in [0.717, 1.165) is 9.92 Å². The van der Waals surface area contributed by atoms with E-state index in [2.05, 4.69) is 12.1 Å². The monoisotopic (exact) mass is 286 g/mol. The summed E-state index contributed by atoms with van der Waals surface area (Å²) >= 11 is 12.0. The van der Waals surface area contributed by atoms with Gasteiger partial charge in [-0.25, -0.2) is 0 Å². The molecule has 0 unspecified atom stereocenters. The molecule has 2 aromatic carbocycles. The highest BCUT2D eigenvalue weighted by Crippen LogP contribution is 2.41. The van der Waals surface area contributed by atoms with Gasteiger partial charge in [0.15, 0.2) is 0 Å². The van der Waals surface area contributed by atoms with Gasteiger partial charge in [0, 0.05) is 14.8 Å². The molecule has 0 radical (unpaired) electrons. The predicted molar refractivity (Wildman–Crippen MR) is 74.6 cm³/mol. The third-order valence-corrected chi connectivity index (χ3v) is 4.97. The van der Waals surface area contributed by atoms with Crippen LogP contribution in [0, 0.1) is 0 Å². The molecule has 0 bridgehead atoms. The van der Waals surface area contributed by atoms with E-state index in [0.29, 0.717) is 5.02 Å². The van der Waals surface area contributed by atoms with Crippen LogP contribution < -0.4 is 0 Å². The summed E-state index contributed by atoms with van der Waals surface area (Å²) in [7, 11) is 3.28. The Balaban J connectivity index is 2.08. The number of benzene rings is 2. The van der Waals surface area contributed by atoms with Crippen LogP contribution in [0.1, 0.15) is 0 Å². The van der Waals surface area contributed by atoms with E-state index >= 15 is 0 Å². The molecule has 0 aliphatic rings. The molecule has 82 valence electrons. The quantitative estimate of drug-likeness (QED) is 0.655. The molecule has 0 heterocycles. The van der Waals surface area contributed by atoms with Crippen LogP contribution in [0.5, 0.6) is 0 Å². The van der Waals surface area contributed by atoms with E-state index in [9.17, 15) is 0 Å². The van der Waals surface area contributed by atoms with Gasteiger partial charge in [-0.3, -0.25) is 0 Å². The van der Waals surface area contributed by atoms with Crippen LogP contribution in [0.15, 0.2) is 58.3 Å². The fourth-order valence-electron chi connectivity index (χ4n) is 1.11. The zero-order valence-electron chi connectivity index (χ0n) is 8.19. The molecule has 0 amide bonds. The van der Waals surface area contributed by atoms with Crippen molar-refractivity contribution in [1.29, 1.82) is 0 Å². The second-order valence-corrected chi connectivity index (χ2v) is 6.14. The molecule has 2 rings (SSSR count). The van der Waals surface area contributed by atoms with Gasteiger partial charge in [-0.05, 0) is 30.3 Å². The molecule has 0 saturated carbocycles. The Hall–Kier alpha value is -0.280. The maximum Gasteiger partial charge on any atom is 0.0551 e. The fourth-order valence-corrected chi connectivity index (χ4v) is 3.80. The van der Waals surface area contributed by atoms with Crippen LogP contribution >= 0.6 is 44.8 Å². The molecular formula is C12H8Cl2S2. The number of halogens is 2. The Morgan fingerprint density at radius 1 is 0.812 bits per heavy atom. The molecule has 0 spiro atoms. The summed E-state index contributed by atoms with van der Waals surface area (Å²) in [6.45, 7) is 0. The Morgan fingerprint density at radius 2 is 1.56 bits per heavy atom. The van der Waals surface area contributed by atoms with E-state index in [1.165, 1.54) is 4.90 Å². The van der Waals surface area contributed by atoms with Crippen LogP contribution in [0.3, 0.4) is 0 Å². The Labute approximate surface area is 113 Å². The summed E-state index contributed by atoms with van der Waals surface area (Å²) < 4.78 is 0. The van der Waals surface area contributed by atoms with Gasteiger partial charge in [0.05, 0.1) is 5.02 Å². The van der Waals surface area contributed by atoms with Crippen LogP contribution in [0.25, 0.3) is 0 Å². The lowest BCUT2D eigenvalue weighted by Crippen LogP contribution is -1.72. The Bertz CT molecular complexity index is 472. The van der Waals surface area contributed by atoms with E-state index < -0.39 is 0 Å². The van der Waals surface area contributed by atoms with Crippen molar-refractivity contribution in [3.05, 3.63) is 58.6 Å². The summed E-state index contributed by atoms with van der Waals surface area (Å²) in [5, 5.41) is 1.44. The highest BCUT2D eigenvalue weighted by atomic mass is 35.5. The molecule has 0 fully saturated rings. The predicted octanol–water partition coefficient (Wildman–Crippen LogP) is 5.79. The van der Waals surface area contributed by atoms with Gasteiger partial charge in [-0.15, -0.1) is 0 Å². The van der Waals surface area contributed by atoms with Crippen molar-refractivity contribution in [3.8, 4) is 0 Å². The molecule has 2 aromatic rings. The summed E-state index contributed by atoms with van der Waals surface area (Å²) in [5.74, 6) is 0. The zero-order chi connectivity index (χ0) is 11.4. The second-order valence-electron chi connectivity index (χ2n) is 3.05. The summed E-state index contributed by atoms with van der Waals surface area (Å²) in [6, 6.07) is 15.7. The molecule has 4 heteroatoms. The summed E-state index contributed by atoms with van der Waals surface area (Å²) in [6.07, 6.45) is 0. The first-order valence-corrected chi connectivity index (χ1v) is 7.51. The maximum absolute atomic E-state index is 6.07. The minimum absolute atomic E-state index is 0.709. The third kappa shape index (κ3) is 3.36. The standard InChI is InChI=1S/C12H8Cl2S2/c13-9-6-7-11(14)12(8-9)16-15-10-4-2-1-3-5-10/h1-8H. The van der Waals surface area contributed by atoms with Crippen LogP contribution in [0.4, 0.5) is 0 Å². The van der Waals surface area contributed by atoms with Gasteiger partial charge >= 0.3 is 0 Å². The van der Waals surface area contributed by atoms with Crippen molar-refractivity contribution in [2.45, 2.75) is 9.79 Å². The number of hydrogen-bond acceptors (Lipinski definition) is 2. The van der Waals surface area contributed by atoms with E-state index in [1.807, 2.05) is 30.3 Å².